The number of phenols is 1. The lowest BCUT2D eigenvalue weighted by molar-refractivity contribution is 0.120. The van der Waals surface area contributed by atoms with E-state index in [4.69, 9.17) is 17.3 Å². The quantitative estimate of drug-likeness (QED) is 0.329. The summed E-state index contributed by atoms with van der Waals surface area (Å²) < 4.78 is 17.9. The van der Waals surface area contributed by atoms with Crippen molar-refractivity contribution < 1.29 is 9.50 Å². The summed E-state index contributed by atoms with van der Waals surface area (Å²) in [6.07, 6.45) is 8.23. The van der Waals surface area contributed by atoms with E-state index in [1.54, 1.807) is 43.8 Å². The van der Waals surface area contributed by atoms with Crippen LogP contribution in [0.15, 0.2) is 59.8 Å². The predicted molar refractivity (Wildman–Crippen MR) is 161 cm³/mol. The minimum atomic E-state index is -0.510. The van der Waals surface area contributed by atoms with Crippen LogP contribution in [0.3, 0.4) is 0 Å². The molecule has 2 aliphatic heterocycles. The van der Waals surface area contributed by atoms with Gasteiger partial charge in [0.05, 0.1) is 16.4 Å². The summed E-state index contributed by atoms with van der Waals surface area (Å²) in [5.74, 6) is -0.192. The number of rotatable bonds is 5. The first kappa shape index (κ1) is 27.4. The van der Waals surface area contributed by atoms with Crippen molar-refractivity contribution in [3.8, 4) is 33.7 Å². The lowest BCUT2D eigenvalue weighted by atomic mass is 9.94. The Hall–Kier alpha value is -3.82. The number of aromatic nitrogens is 3. The van der Waals surface area contributed by atoms with Crippen LogP contribution in [-0.4, -0.2) is 55.3 Å². The number of nitrogen functional groups attached to an aromatic ring is 1. The topological polar surface area (TPSA) is 92.5 Å². The molecule has 1 unspecified atom stereocenters. The van der Waals surface area contributed by atoms with E-state index < -0.39 is 5.82 Å². The molecule has 3 N–H and O–H groups in total. The van der Waals surface area contributed by atoms with Crippen molar-refractivity contribution in [1.29, 1.82) is 0 Å². The molecule has 1 spiro atoms. The van der Waals surface area contributed by atoms with Crippen molar-refractivity contribution in [1.82, 2.24) is 19.0 Å². The predicted octanol–water partition coefficient (Wildman–Crippen LogP) is 5.44. The number of aryl methyl sites for hydroxylation is 1. The number of likely N-dealkylation sites (tertiary alicyclic amines) is 1. The molecule has 2 aromatic heterocycles. The summed E-state index contributed by atoms with van der Waals surface area (Å²) in [5.41, 5.74) is 9.21. The second-order valence-electron chi connectivity index (χ2n) is 11.5. The monoisotopic (exact) mass is 576 g/mol. The number of nitrogens with zero attached hydrogens (tertiary/aromatic N) is 5. The number of phenolic OH excluding ortho intramolecular Hbond substituents is 1. The van der Waals surface area contributed by atoms with Gasteiger partial charge in [-0.1, -0.05) is 17.7 Å². The zero-order valence-corrected chi connectivity index (χ0v) is 24.2. The Morgan fingerprint density at radius 3 is 2.49 bits per heavy atom. The van der Waals surface area contributed by atoms with Crippen molar-refractivity contribution >= 4 is 23.1 Å². The van der Waals surface area contributed by atoms with Gasteiger partial charge in [0.2, 0.25) is 0 Å². The first-order chi connectivity index (χ1) is 19.6. The van der Waals surface area contributed by atoms with Gasteiger partial charge in [-0.3, -0.25) is 9.47 Å². The normalized spacial score (nSPS) is 19.2. The summed E-state index contributed by atoms with van der Waals surface area (Å²) in [5, 5.41) is 11.7. The van der Waals surface area contributed by atoms with E-state index >= 15 is 4.39 Å². The van der Waals surface area contributed by atoms with E-state index in [0.29, 0.717) is 39.3 Å². The van der Waals surface area contributed by atoms with Crippen molar-refractivity contribution in [2.24, 2.45) is 7.05 Å². The second kappa shape index (κ2) is 10.2. The Morgan fingerprint density at radius 2 is 1.80 bits per heavy atom. The van der Waals surface area contributed by atoms with Crippen LogP contribution in [0.1, 0.15) is 33.1 Å². The Labute approximate surface area is 243 Å². The molecule has 0 amide bonds. The molecule has 2 fully saturated rings. The lowest BCUT2D eigenvalue weighted by Crippen LogP contribution is -2.49. The summed E-state index contributed by atoms with van der Waals surface area (Å²) in [6.45, 7) is 7.31. The molecule has 4 heterocycles. The lowest BCUT2D eigenvalue weighted by Gasteiger charge is -2.38. The Kier molecular flexibility index (Phi) is 6.82. The number of benzene rings is 2. The van der Waals surface area contributed by atoms with Crippen LogP contribution in [-0.2, 0) is 7.05 Å². The van der Waals surface area contributed by atoms with Gasteiger partial charge >= 0.3 is 5.69 Å². The molecular formula is C31H34ClFN6O2. The molecule has 10 heteroatoms. The highest BCUT2D eigenvalue weighted by atomic mass is 35.5. The molecule has 2 saturated heterocycles. The molecule has 0 saturated carbocycles. The molecule has 4 aromatic rings. The number of aromatic hydroxyl groups is 1. The minimum absolute atomic E-state index is 0.0933. The van der Waals surface area contributed by atoms with Gasteiger partial charge in [0.1, 0.15) is 17.4 Å². The van der Waals surface area contributed by atoms with Gasteiger partial charge in [-0.15, -0.1) is 0 Å². The number of hydrogen-bond donors (Lipinski definition) is 2. The molecule has 214 valence electrons. The average molecular weight is 577 g/mol. The van der Waals surface area contributed by atoms with Crippen molar-refractivity contribution in [3.63, 3.8) is 0 Å². The zero-order valence-electron chi connectivity index (χ0n) is 23.4. The summed E-state index contributed by atoms with van der Waals surface area (Å²) in [6, 6.07) is 9.95. The fraction of sp³-hybridized carbons (Fsp3) is 0.355. The van der Waals surface area contributed by atoms with Gasteiger partial charge in [0.15, 0.2) is 0 Å². The van der Waals surface area contributed by atoms with Crippen LogP contribution in [0.25, 0.3) is 27.9 Å². The average Bonchev–Trinajstić information content (AvgIpc) is 3.65. The number of hydrogen-bond acceptors (Lipinski definition) is 6. The standard InChI is InChI=1S/C31H34ClFN6O2/c1-19(2)39-9-4-7-31(39)8-10-37(18-31)27-14-21(17-35-29(27)34)24-16-22(33)15-23(28(24)40)20-5-6-26(25(32)13-20)38-12-11-36(3)30(38)41/h5-6,11-17,19,40H,4,7-10,18H2,1-3H3,(H2,34,35). The molecular weight excluding hydrogens is 543 g/mol. The maximum absolute atomic E-state index is 15.0. The zero-order chi connectivity index (χ0) is 29.1. The molecule has 8 nitrogen and oxygen atoms in total. The number of nitrogens with two attached hydrogens (primary N) is 1. The first-order valence-corrected chi connectivity index (χ1v) is 14.3. The first-order valence-electron chi connectivity index (χ1n) is 13.9. The fourth-order valence-corrected chi connectivity index (χ4v) is 6.96. The van der Waals surface area contributed by atoms with Crippen LogP contribution >= 0.6 is 11.6 Å². The van der Waals surface area contributed by atoms with Crippen LogP contribution in [0, 0.1) is 5.82 Å². The highest BCUT2D eigenvalue weighted by Crippen LogP contribution is 2.44. The van der Waals surface area contributed by atoms with E-state index in [1.807, 2.05) is 6.07 Å². The van der Waals surface area contributed by atoms with Crippen molar-refractivity contribution in [2.45, 2.75) is 44.7 Å². The van der Waals surface area contributed by atoms with Gasteiger partial charge in [0.25, 0.3) is 0 Å². The Balaban J connectivity index is 1.35. The maximum atomic E-state index is 15.0. The van der Waals surface area contributed by atoms with E-state index in [-0.39, 0.29) is 22.5 Å². The van der Waals surface area contributed by atoms with Gasteiger partial charge in [0, 0.05) is 67.0 Å². The van der Waals surface area contributed by atoms with Gasteiger partial charge in [-0.25, -0.2) is 14.2 Å². The summed E-state index contributed by atoms with van der Waals surface area (Å²) in [7, 11) is 1.65. The molecule has 0 radical (unpaired) electrons. The van der Waals surface area contributed by atoms with Crippen molar-refractivity contribution in [2.75, 3.05) is 30.3 Å². The molecule has 6 rings (SSSR count). The maximum Gasteiger partial charge on any atom is 0.332 e. The van der Waals surface area contributed by atoms with Gasteiger partial charge in [-0.2, -0.15) is 0 Å². The molecule has 41 heavy (non-hydrogen) atoms. The van der Waals surface area contributed by atoms with E-state index in [1.165, 1.54) is 27.7 Å². The smallest absolute Gasteiger partial charge is 0.332 e. The van der Waals surface area contributed by atoms with Crippen molar-refractivity contribution in [3.05, 3.63) is 76.3 Å². The third kappa shape index (κ3) is 4.67. The molecule has 0 bridgehead atoms. The van der Waals surface area contributed by atoms with Crippen LogP contribution in [0.2, 0.25) is 5.02 Å². The molecule has 2 aromatic carbocycles. The van der Waals surface area contributed by atoms with Crippen LogP contribution < -0.4 is 16.3 Å². The molecule has 1 atom stereocenters. The Morgan fingerprint density at radius 1 is 1.05 bits per heavy atom. The largest absolute Gasteiger partial charge is 0.507 e. The summed E-state index contributed by atoms with van der Waals surface area (Å²) >= 11 is 6.56. The highest BCUT2D eigenvalue weighted by Gasteiger charge is 2.47. The van der Waals surface area contributed by atoms with Gasteiger partial charge in [-0.05, 0) is 75.5 Å². The van der Waals surface area contributed by atoms with Crippen LogP contribution in [0.5, 0.6) is 5.75 Å². The highest BCUT2D eigenvalue weighted by molar-refractivity contribution is 6.32. The summed E-state index contributed by atoms with van der Waals surface area (Å²) in [4.78, 5) is 21.7. The number of halogens is 2. The van der Waals surface area contributed by atoms with E-state index in [9.17, 15) is 9.90 Å². The SMILES string of the molecule is CC(C)N1CCCC12CCN(c1cc(-c3cc(F)cc(-c4ccc(-n5ccn(C)c5=O)c(Cl)c4)c3O)cnc1N)C2. The van der Waals surface area contributed by atoms with E-state index in [2.05, 4.69) is 28.6 Å². The number of anilines is 2. The third-order valence-corrected chi connectivity index (χ3v) is 9.00. The minimum Gasteiger partial charge on any atom is -0.507 e. The molecule has 0 aliphatic carbocycles. The van der Waals surface area contributed by atoms with Gasteiger partial charge < -0.3 is 20.3 Å². The fourth-order valence-electron chi connectivity index (χ4n) is 6.69. The van der Waals surface area contributed by atoms with Crippen LogP contribution in [0.4, 0.5) is 15.9 Å². The second-order valence-corrected chi connectivity index (χ2v) is 11.9. The number of pyridine rings is 1. The molecule has 2 aliphatic rings. The van der Waals surface area contributed by atoms with E-state index in [0.717, 1.165) is 38.2 Å². The Bertz CT molecular complexity index is 1700. The third-order valence-electron chi connectivity index (χ3n) is 8.70. The number of imidazole rings is 1.